The summed E-state index contributed by atoms with van der Waals surface area (Å²) in [4.78, 5) is 30.7. The Morgan fingerprint density at radius 1 is 1.12 bits per heavy atom. The number of fused-ring (bicyclic) bond motifs is 1. The van der Waals surface area contributed by atoms with Gasteiger partial charge in [-0.1, -0.05) is 18.2 Å². The van der Waals surface area contributed by atoms with Crippen molar-refractivity contribution in [2.75, 3.05) is 13.1 Å². The Kier molecular flexibility index (Phi) is 9.35. The van der Waals surface area contributed by atoms with Crippen molar-refractivity contribution in [3.63, 3.8) is 0 Å². The zero-order valence-corrected chi connectivity index (χ0v) is 22.6. The summed E-state index contributed by atoms with van der Waals surface area (Å²) in [5.41, 5.74) is 3.58. The summed E-state index contributed by atoms with van der Waals surface area (Å²) in [6.45, 7) is 3.94. The first-order chi connectivity index (χ1) is 19.5. The molecule has 0 radical (unpaired) electrons. The number of nitrogens with one attached hydrogen (secondary N) is 4. The second-order valence-corrected chi connectivity index (χ2v) is 9.67. The topological polar surface area (TPSA) is 145 Å². The van der Waals surface area contributed by atoms with Gasteiger partial charge in [0.05, 0.1) is 11.6 Å². The number of H-pyrrole nitrogens is 2. The van der Waals surface area contributed by atoms with Gasteiger partial charge >= 0.3 is 12.1 Å². The molecule has 0 saturated carbocycles. The Hall–Kier alpha value is -4.30. The van der Waals surface area contributed by atoms with Crippen molar-refractivity contribution >= 4 is 35.0 Å². The summed E-state index contributed by atoms with van der Waals surface area (Å²) in [6.07, 6.45) is -4.23. The number of halogens is 3. The molecule has 216 valence electrons. The van der Waals surface area contributed by atoms with E-state index in [1.807, 2.05) is 43.3 Å². The van der Waals surface area contributed by atoms with Crippen LogP contribution in [0.4, 0.5) is 13.2 Å². The summed E-state index contributed by atoms with van der Waals surface area (Å²) < 4.78 is 38.2. The number of carbonyl (C=O) groups is 2. The number of carbonyl (C=O) groups excluding carboxylic acids is 1. The molecule has 5 rings (SSSR count). The molecule has 3 heterocycles. The number of aromatic nitrogens is 4. The summed E-state index contributed by atoms with van der Waals surface area (Å²) in [6, 6.07) is 17.2. The largest absolute Gasteiger partial charge is 0.490 e. The van der Waals surface area contributed by atoms with Crippen molar-refractivity contribution in [2.45, 2.75) is 38.1 Å². The van der Waals surface area contributed by atoms with E-state index in [4.69, 9.17) is 26.9 Å². The smallest absolute Gasteiger partial charge is 0.489 e. The number of aliphatic carboxylic acids is 1. The number of benzene rings is 2. The van der Waals surface area contributed by atoms with Crippen LogP contribution >= 0.6 is 12.2 Å². The van der Waals surface area contributed by atoms with Gasteiger partial charge in [0.15, 0.2) is 0 Å². The molecule has 41 heavy (non-hydrogen) atoms. The molecule has 0 aliphatic carbocycles. The highest BCUT2D eigenvalue weighted by Crippen LogP contribution is 2.24. The minimum Gasteiger partial charge on any atom is -0.489 e. The number of para-hydroxylation sites is 1. The van der Waals surface area contributed by atoms with Crippen LogP contribution in [0.25, 0.3) is 10.9 Å². The quantitative estimate of drug-likeness (QED) is 0.208. The van der Waals surface area contributed by atoms with Crippen molar-refractivity contribution in [1.82, 2.24) is 30.8 Å². The number of aryl methyl sites for hydroxylation is 1. The number of pyridine rings is 1. The summed E-state index contributed by atoms with van der Waals surface area (Å²) in [5.74, 6) is -1.34. The van der Waals surface area contributed by atoms with Gasteiger partial charge in [-0.15, -0.1) is 0 Å². The second-order valence-electron chi connectivity index (χ2n) is 9.29. The first-order valence-corrected chi connectivity index (χ1v) is 13.0. The molecular weight excluding hydrogens is 561 g/mol. The SMILES string of the molecule is Cc1cc(COc2ccc(C(=O)NC3CNCCC3c3nc(=S)[nH][nH]3)cc2)c2ccccc2n1.O=C(O)C(F)(F)F. The lowest BCUT2D eigenvalue weighted by Gasteiger charge is -2.31. The third kappa shape index (κ3) is 7.89. The van der Waals surface area contributed by atoms with Crippen LogP contribution in [-0.2, 0) is 11.4 Å². The fourth-order valence-electron chi connectivity index (χ4n) is 4.43. The number of ether oxygens (including phenoxy) is 1. The molecule has 10 nitrogen and oxygen atoms in total. The predicted octanol–water partition coefficient (Wildman–Crippen LogP) is 4.41. The number of aromatic amines is 2. The van der Waals surface area contributed by atoms with Crippen molar-refractivity contribution in [1.29, 1.82) is 0 Å². The lowest BCUT2D eigenvalue weighted by Crippen LogP contribution is -2.50. The lowest BCUT2D eigenvalue weighted by atomic mass is 9.91. The first kappa shape index (κ1) is 29.7. The number of hydrogen-bond acceptors (Lipinski definition) is 7. The maximum atomic E-state index is 12.9. The fourth-order valence-corrected chi connectivity index (χ4v) is 4.57. The van der Waals surface area contributed by atoms with Gasteiger partial charge in [-0.05, 0) is 68.5 Å². The van der Waals surface area contributed by atoms with Crippen LogP contribution in [0.15, 0.2) is 54.6 Å². The highest BCUT2D eigenvalue weighted by molar-refractivity contribution is 7.71. The zero-order valence-electron chi connectivity index (χ0n) is 21.8. The van der Waals surface area contributed by atoms with Gasteiger partial charge in [0.25, 0.3) is 5.91 Å². The number of piperidine rings is 1. The van der Waals surface area contributed by atoms with E-state index in [0.29, 0.717) is 29.2 Å². The van der Waals surface area contributed by atoms with Crippen LogP contribution in [0.2, 0.25) is 0 Å². The number of nitrogens with zero attached hydrogens (tertiary/aromatic N) is 2. The first-order valence-electron chi connectivity index (χ1n) is 12.6. The van der Waals surface area contributed by atoms with E-state index in [9.17, 15) is 18.0 Å². The summed E-state index contributed by atoms with van der Waals surface area (Å²) in [5, 5.41) is 20.6. The van der Waals surface area contributed by atoms with Crippen LogP contribution in [0.3, 0.4) is 0 Å². The standard InChI is InChI=1S/C25H26N6O2S.C2HF3O2/c1-15-12-17(19-4-2-3-5-21(19)27-15)14-33-18-8-6-16(7-9-18)24(32)28-22-13-26-11-10-20(22)23-29-25(34)31-30-23;3-2(4,5)1(6)7/h2-9,12,20,22,26H,10-11,13-14H2,1H3,(H,28,32)(H2,29,30,31,34);(H,6,7). The van der Waals surface area contributed by atoms with Crippen LogP contribution in [0, 0.1) is 11.7 Å². The van der Waals surface area contributed by atoms with Crippen LogP contribution < -0.4 is 15.4 Å². The Labute approximate surface area is 237 Å². The Balaban J connectivity index is 0.000000493. The maximum absolute atomic E-state index is 12.9. The second kappa shape index (κ2) is 12.9. The Bertz CT molecular complexity index is 1570. The van der Waals surface area contributed by atoms with Gasteiger partial charge in [0, 0.05) is 34.7 Å². The number of carboxylic acid groups (broad SMARTS) is 1. The molecule has 1 aliphatic rings. The molecule has 2 unspecified atom stereocenters. The normalized spacial score (nSPS) is 16.9. The third-order valence-corrected chi connectivity index (χ3v) is 6.55. The molecule has 14 heteroatoms. The van der Waals surface area contributed by atoms with Crippen molar-refractivity contribution in [2.24, 2.45) is 0 Å². The third-order valence-electron chi connectivity index (χ3n) is 6.35. The number of alkyl halides is 3. The summed E-state index contributed by atoms with van der Waals surface area (Å²) in [7, 11) is 0. The molecule has 2 aromatic carbocycles. The molecule has 2 aromatic heterocycles. The van der Waals surface area contributed by atoms with Crippen LogP contribution in [0.1, 0.15) is 39.8 Å². The average Bonchev–Trinajstić information content (AvgIpc) is 3.38. The molecule has 2 atom stereocenters. The molecule has 5 N–H and O–H groups in total. The minimum absolute atomic E-state index is 0.0689. The highest BCUT2D eigenvalue weighted by atomic mass is 32.1. The number of rotatable bonds is 6. The van der Waals surface area contributed by atoms with E-state index in [1.54, 1.807) is 12.1 Å². The van der Waals surface area contributed by atoms with Gasteiger partial charge in [0.2, 0.25) is 4.77 Å². The van der Waals surface area contributed by atoms with Crippen molar-refractivity contribution < 1.29 is 32.6 Å². The zero-order chi connectivity index (χ0) is 29.6. The highest BCUT2D eigenvalue weighted by Gasteiger charge is 2.38. The fraction of sp³-hybridized carbons (Fsp3) is 0.296. The molecular formula is C27H27F3N6O4S. The van der Waals surface area contributed by atoms with Gasteiger partial charge < -0.3 is 20.5 Å². The molecule has 0 bridgehead atoms. The number of amides is 1. The van der Waals surface area contributed by atoms with Crippen molar-refractivity contribution in [3.05, 3.63) is 82.0 Å². The Morgan fingerprint density at radius 3 is 2.49 bits per heavy atom. The molecule has 1 saturated heterocycles. The van der Waals surface area contributed by atoms with Crippen LogP contribution in [0.5, 0.6) is 5.75 Å². The van der Waals surface area contributed by atoms with Gasteiger partial charge in [0.1, 0.15) is 18.2 Å². The number of carboxylic acids is 1. The Morgan fingerprint density at radius 2 is 1.83 bits per heavy atom. The monoisotopic (exact) mass is 588 g/mol. The van der Waals surface area contributed by atoms with E-state index < -0.39 is 12.1 Å². The van der Waals surface area contributed by atoms with E-state index in [0.717, 1.165) is 41.0 Å². The molecule has 1 aliphatic heterocycles. The van der Waals surface area contributed by atoms with Gasteiger partial charge in [-0.25, -0.2) is 9.78 Å². The van der Waals surface area contributed by atoms with Crippen molar-refractivity contribution in [3.8, 4) is 5.75 Å². The molecule has 1 amide bonds. The molecule has 4 aromatic rings. The van der Waals surface area contributed by atoms with E-state index in [2.05, 4.69) is 36.9 Å². The average molecular weight is 589 g/mol. The molecule has 1 fully saturated rings. The van der Waals surface area contributed by atoms with E-state index >= 15 is 0 Å². The van der Waals surface area contributed by atoms with E-state index in [-0.39, 0.29) is 17.9 Å². The predicted molar refractivity (Wildman–Crippen MR) is 146 cm³/mol. The van der Waals surface area contributed by atoms with Crippen LogP contribution in [-0.4, -0.2) is 62.5 Å². The van der Waals surface area contributed by atoms with Gasteiger partial charge in [-0.3, -0.25) is 20.0 Å². The van der Waals surface area contributed by atoms with E-state index in [1.165, 1.54) is 0 Å². The maximum Gasteiger partial charge on any atom is 0.490 e. The lowest BCUT2D eigenvalue weighted by molar-refractivity contribution is -0.192. The number of hydrogen-bond donors (Lipinski definition) is 5. The summed E-state index contributed by atoms with van der Waals surface area (Å²) >= 11 is 5.08. The minimum atomic E-state index is -5.08. The van der Waals surface area contributed by atoms with Gasteiger partial charge in [-0.2, -0.15) is 13.2 Å². The molecule has 0 spiro atoms.